The van der Waals surface area contributed by atoms with Crippen molar-refractivity contribution in [1.29, 1.82) is 0 Å². The maximum atomic E-state index is 12.8. The molecule has 0 atom stereocenters. The van der Waals surface area contributed by atoms with Crippen molar-refractivity contribution >= 4 is 23.4 Å². The van der Waals surface area contributed by atoms with E-state index in [-0.39, 0.29) is 35.5 Å². The first-order chi connectivity index (χ1) is 14.0. The highest BCUT2D eigenvalue weighted by Gasteiger charge is 2.27. The molecule has 9 nitrogen and oxygen atoms in total. The smallest absolute Gasteiger partial charge is 0.409 e. The second kappa shape index (κ2) is 9.22. The Morgan fingerprint density at radius 3 is 2.72 bits per heavy atom. The lowest BCUT2D eigenvalue weighted by Gasteiger charge is -2.31. The van der Waals surface area contributed by atoms with Gasteiger partial charge in [-0.05, 0) is 31.9 Å². The van der Waals surface area contributed by atoms with E-state index in [9.17, 15) is 14.4 Å². The van der Waals surface area contributed by atoms with Crippen LogP contribution in [0.5, 0.6) is 0 Å². The van der Waals surface area contributed by atoms with Crippen LogP contribution in [0.1, 0.15) is 40.9 Å². The summed E-state index contributed by atoms with van der Waals surface area (Å²) in [6.45, 7) is 7.03. The lowest BCUT2D eigenvalue weighted by molar-refractivity contribution is 0.0852. The number of carbonyl (C=O) groups excluding carboxylic acids is 3. The van der Waals surface area contributed by atoms with Crippen LogP contribution in [-0.2, 0) is 4.74 Å². The van der Waals surface area contributed by atoms with Gasteiger partial charge in [-0.25, -0.2) is 9.78 Å². The average Bonchev–Trinajstić information content (AvgIpc) is 3.12. The van der Waals surface area contributed by atoms with Gasteiger partial charge in [-0.2, -0.15) is 0 Å². The Labute approximate surface area is 168 Å². The Morgan fingerprint density at radius 1 is 1.28 bits per heavy atom. The van der Waals surface area contributed by atoms with Crippen LogP contribution in [0, 0.1) is 0 Å². The monoisotopic (exact) mass is 399 g/mol. The Kier molecular flexibility index (Phi) is 6.48. The van der Waals surface area contributed by atoms with E-state index in [0.717, 1.165) is 0 Å². The molecule has 0 spiro atoms. The molecule has 0 unspecified atom stereocenters. The van der Waals surface area contributed by atoms with Crippen LogP contribution in [-0.4, -0.2) is 64.5 Å². The molecule has 9 heteroatoms. The van der Waals surface area contributed by atoms with E-state index >= 15 is 0 Å². The number of fused-ring (bicyclic) bond motifs is 1. The molecule has 0 saturated carbocycles. The quantitative estimate of drug-likeness (QED) is 0.718. The Balaban J connectivity index is 1.71. The molecule has 0 aromatic carbocycles. The summed E-state index contributed by atoms with van der Waals surface area (Å²) in [5.41, 5.74) is 0.742. The maximum Gasteiger partial charge on any atom is 0.409 e. The summed E-state index contributed by atoms with van der Waals surface area (Å²) in [7, 11) is 0. The number of hydrogen-bond donors (Lipinski definition) is 2. The minimum Gasteiger partial charge on any atom is -0.450 e. The van der Waals surface area contributed by atoms with E-state index in [1.165, 1.54) is 0 Å². The summed E-state index contributed by atoms with van der Waals surface area (Å²) < 4.78 is 6.61. The Morgan fingerprint density at radius 2 is 2.03 bits per heavy atom. The summed E-state index contributed by atoms with van der Waals surface area (Å²) in [6.07, 6.45) is 4.20. The van der Waals surface area contributed by atoms with Gasteiger partial charge in [-0.15, -0.1) is 6.58 Å². The van der Waals surface area contributed by atoms with Gasteiger partial charge in [0, 0.05) is 31.9 Å². The van der Waals surface area contributed by atoms with Gasteiger partial charge in [0.2, 0.25) is 5.82 Å². The van der Waals surface area contributed by atoms with Gasteiger partial charge in [0.15, 0.2) is 5.69 Å². The number of piperidine rings is 1. The predicted octanol–water partition coefficient (Wildman–Crippen LogP) is 1.60. The number of rotatable bonds is 6. The highest BCUT2D eigenvalue weighted by Crippen LogP contribution is 2.16. The van der Waals surface area contributed by atoms with Crippen LogP contribution >= 0.6 is 0 Å². The largest absolute Gasteiger partial charge is 0.450 e. The molecule has 0 radical (unpaired) electrons. The van der Waals surface area contributed by atoms with Gasteiger partial charge in [0.05, 0.1) is 12.1 Å². The van der Waals surface area contributed by atoms with Crippen molar-refractivity contribution in [2.24, 2.45) is 0 Å². The van der Waals surface area contributed by atoms with Crippen LogP contribution in [0.25, 0.3) is 5.52 Å². The normalized spacial score (nSPS) is 14.4. The van der Waals surface area contributed by atoms with Crippen LogP contribution in [0.2, 0.25) is 0 Å². The van der Waals surface area contributed by atoms with E-state index in [0.29, 0.717) is 44.6 Å². The summed E-state index contributed by atoms with van der Waals surface area (Å²) in [5, 5.41) is 5.65. The maximum absolute atomic E-state index is 12.8. The molecular weight excluding hydrogens is 374 g/mol. The second-order valence-corrected chi connectivity index (χ2v) is 6.67. The third-order valence-corrected chi connectivity index (χ3v) is 4.73. The van der Waals surface area contributed by atoms with Crippen molar-refractivity contribution < 1.29 is 19.1 Å². The number of ether oxygens (including phenoxy) is 1. The van der Waals surface area contributed by atoms with Crippen molar-refractivity contribution in [3.05, 3.63) is 48.6 Å². The molecule has 1 saturated heterocycles. The molecule has 154 valence electrons. The zero-order chi connectivity index (χ0) is 20.8. The Hall–Kier alpha value is -3.36. The average molecular weight is 399 g/mol. The first-order valence-electron chi connectivity index (χ1n) is 9.63. The number of aromatic nitrogens is 2. The fourth-order valence-electron chi connectivity index (χ4n) is 3.28. The molecular formula is C20H25N5O4. The molecule has 2 aromatic heterocycles. The molecule has 1 fully saturated rings. The van der Waals surface area contributed by atoms with E-state index in [2.05, 4.69) is 22.2 Å². The lowest BCUT2D eigenvalue weighted by atomic mass is 10.1. The number of hydrogen-bond acceptors (Lipinski definition) is 5. The minimum atomic E-state index is -0.365. The molecule has 2 aromatic rings. The van der Waals surface area contributed by atoms with Gasteiger partial charge in [0.1, 0.15) is 0 Å². The van der Waals surface area contributed by atoms with E-state index in [1.807, 2.05) is 0 Å². The number of imidazole rings is 1. The highest BCUT2D eigenvalue weighted by atomic mass is 16.6. The third kappa shape index (κ3) is 4.56. The molecule has 3 heterocycles. The van der Waals surface area contributed by atoms with Gasteiger partial charge in [-0.3, -0.25) is 14.0 Å². The van der Waals surface area contributed by atoms with Crippen molar-refractivity contribution in [3.63, 3.8) is 0 Å². The fraction of sp³-hybridized carbons (Fsp3) is 0.400. The van der Waals surface area contributed by atoms with E-state index < -0.39 is 0 Å². The van der Waals surface area contributed by atoms with E-state index in [1.54, 1.807) is 46.7 Å². The molecule has 0 aliphatic carbocycles. The first kappa shape index (κ1) is 20.4. The number of amides is 3. The lowest BCUT2D eigenvalue weighted by Crippen LogP contribution is -2.47. The fourth-order valence-corrected chi connectivity index (χ4v) is 3.28. The summed E-state index contributed by atoms with van der Waals surface area (Å²) in [4.78, 5) is 43.0. The highest BCUT2D eigenvalue weighted by molar-refractivity contribution is 6.02. The first-order valence-corrected chi connectivity index (χ1v) is 9.63. The molecule has 1 aliphatic heterocycles. The van der Waals surface area contributed by atoms with E-state index in [4.69, 9.17) is 4.74 Å². The van der Waals surface area contributed by atoms with Gasteiger partial charge in [-0.1, -0.05) is 12.1 Å². The van der Waals surface area contributed by atoms with Gasteiger partial charge < -0.3 is 20.3 Å². The molecule has 29 heavy (non-hydrogen) atoms. The third-order valence-electron chi connectivity index (χ3n) is 4.73. The van der Waals surface area contributed by atoms with Gasteiger partial charge in [0.25, 0.3) is 11.8 Å². The zero-order valence-electron chi connectivity index (χ0n) is 16.4. The zero-order valence-corrected chi connectivity index (χ0v) is 16.4. The number of nitrogens with zero attached hydrogens (tertiary/aromatic N) is 3. The van der Waals surface area contributed by atoms with Crippen molar-refractivity contribution in [2.45, 2.75) is 25.8 Å². The SMILES string of the molecule is C=CCNC(=O)c1nc(C(=O)NC2CCN(C(=O)OCC)CC2)n2ccccc12. The second-order valence-electron chi connectivity index (χ2n) is 6.67. The minimum absolute atomic E-state index is 0.0812. The molecule has 2 N–H and O–H groups in total. The summed E-state index contributed by atoms with van der Waals surface area (Å²) >= 11 is 0. The topological polar surface area (TPSA) is 105 Å². The van der Waals surface area contributed by atoms with Crippen LogP contribution in [0.4, 0.5) is 4.79 Å². The predicted molar refractivity (Wildman–Crippen MR) is 107 cm³/mol. The standard InChI is InChI=1S/C20H25N5O4/c1-3-10-21-18(26)16-15-7-5-6-11-25(15)17(23-16)19(27)22-14-8-12-24(13-9-14)20(28)29-4-2/h3,5-7,11,14H,1,4,8-10,12-13H2,2H3,(H,21,26)(H,22,27). The number of pyridine rings is 1. The summed E-state index contributed by atoms with van der Waals surface area (Å²) in [6, 6.07) is 5.22. The van der Waals surface area contributed by atoms with Crippen LogP contribution < -0.4 is 10.6 Å². The summed E-state index contributed by atoms with van der Waals surface area (Å²) in [5.74, 6) is -0.573. The van der Waals surface area contributed by atoms with Crippen LogP contribution in [0.15, 0.2) is 37.1 Å². The van der Waals surface area contributed by atoms with Crippen molar-refractivity contribution in [2.75, 3.05) is 26.2 Å². The number of nitrogens with one attached hydrogen (secondary N) is 2. The van der Waals surface area contributed by atoms with Crippen LogP contribution in [0.3, 0.4) is 0 Å². The molecule has 3 amide bonds. The number of likely N-dealkylation sites (tertiary alicyclic amines) is 1. The van der Waals surface area contributed by atoms with Crippen molar-refractivity contribution in [3.8, 4) is 0 Å². The molecule has 0 bridgehead atoms. The molecule has 1 aliphatic rings. The Bertz CT molecular complexity index is 915. The number of carbonyl (C=O) groups is 3. The van der Waals surface area contributed by atoms with Gasteiger partial charge >= 0.3 is 6.09 Å². The van der Waals surface area contributed by atoms with Crippen molar-refractivity contribution in [1.82, 2.24) is 24.9 Å². The molecule has 3 rings (SSSR count).